The van der Waals surface area contributed by atoms with Crippen LogP contribution in [0.25, 0.3) is 0 Å². The summed E-state index contributed by atoms with van der Waals surface area (Å²) in [4.78, 5) is 36.8. The average Bonchev–Trinajstić information content (AvgIpc) is 3.24. The second-order valence-corrected chi connectivity index (χ2v) is 6.81. The number of rotatable bonds is 6. The Morgan fingerprint density at radius 1 is 1.32 bits per heavy atom. The maximum absolute atomic E-state index is 12.3. The van der Waals surface area contributed by atoms with E-state index in [1.54, 1.807) is 0 Å². The van der Waals surface area contributed by atoms with Crippen LogP contribution in [0.1, 0.15) is 25.7 Å². The van der Waals surface area contributed by atoms with Gasteiger partial charge in [0.2, 0.25) is 11.8 Å². The lowest BCUT2D eigenvalue weighted by Gasteiger charge is -2.23. The molecular formula is C16H19ClN4O4. The zero-order valence-electron chi connectivity index (χ0n) is 13.5. The number of amides is 2. The van der Waals surface area contributed by atoms with Crippen molar-refractivity contribution in [3.8, 4) is 0 Å². The third-order valence-electron chi connectivity index (χ3n) is 4.37. The summed E-state index contributed by atoms with van der Waals surface area (Å²) in [6.45, 7) is 0.668. The van der Waals surface area contributed by atoms with Gasteiger partial charge in [-0.1, -0.05) is 11.6 Å². The zero-order valence-corrected chi connectivity index (χ0v) is 14.3. The normalized spacial score (nSPS) is 20.3. The molecule has 25 heavy (non-hydrogen) atoms. The third kappa shape index (κ3) is 4.46. The van der Waals surface area contributed by atoms with Crippen molar-refractivity contribution in [3.63, 3.8) is 0 Å². The molecule has 1 saturated heterocycles. The molecule has 2 aliphatic rings. The van der Waals surface area contributed by atoms with Gasteiger partial charge in [-0.3, -0.25) is 24.6 Å². The van der Waals surface area contributed by atoms with Gasteiger partial charge in [0.25, 0.3) is 5.69 Å². The average molecular weight is 367 g/mol. The molecule has 1 saturated carbocycles. The topological polar surface area (TPSA) is 105 Å². The van der Waals surface area contributed by atoms with Crippen molar-refractivity contribution in [2.75, 3.05) is 18.4 Å². The number of nitro groups is 1. The molecule has 9 heteroatoms. The lowest BCUT2D eigenvalue weighted by molar-refractivity contribution is -0.383. The van der Waals surface area contributed by atoms with Gasteiger partial charge in [0.05, 0.1) is 17.5 Å². The molecule has 0 spiro atoms. The number of nitrogens with zero attached hydrogens (tertiary/aromatic N) is 2. The SMILES string of the molecule is O=C(CN1CCCC1C(=O)NC1CC1)Nc1ccc(Cl)cc1[N+](=O)[O-]. The highest BCUT2D eigenvalue weighted by Gasteiger charge is 2.34. The molecule has 1 aromatic rings. The van der Waals surface area contributed by atoms with Gasteiger partial charge in [0, 0.05) is 17.1 Å². The van der Waals surface area contributed by atoms with Crippen LogP contribution in [0.2, 0.25) is 5.02 Å². The predicted octanol–water partition coefficient (Wildman–Crippen LogP) is 1.93. The Bertz CT molecular complexity index is 707. The molecule has 2 N–H and O–H groups in total. The number of carbonyl (C=O) groups excluding carboxylic acids is 2. The molecule has 1 heterocycles. The number of halogens is 1. The molecule has 2 amide bonds. The molecule has 8 nitrogen and oxygen atoms in total. The van der Waals surface area contributed by atoms with Crippen LogP contribution in [-0.4, -0.2) is 46.8 Å². The molecule has 1 aliphatic carbocycles. The minimum Gasteiger partial charge on any atom is -0.352 e. The maximum atomic E-state index is 12.3. The fourth-order valence-corrected chi connectivity index (χ4v) is 3.14. The summed E-state index contributed by atoms with van der Waals surface area (Å²) in [5.74, 6) is -0.429. The van der Waals surface area contributed by atoms with E-state index in [-0.39, 0.29) is 40.9 Å². The van der Waals surface area contributed by atoms with Gasteiger partial charge in [-0.25, -0.2) is 0 Å². The first kappa shape index (κ1) is 17.6. The van der Waals surface area contributed by atoms with Gasteiger partial charge in [-0.2, -0.15) is 0 Å². The van der Waals surface area contributed by atoms with Gasteiger partial charge in [-0.15, -0.1) is 0 Å². The van der Waals surface area contributed by atoms with Crippen LogP contribution in [0.5, 0.6) is 0 Å². The summed E-state index contributed by atoms with van der Waals surface area (Å²) < 4.78 is 0. The van der Waals surface area contributed by atoms with E-state index >= 15 is 0 Å². The van der Waals surface area contributed by atoms with E-state index < -0.39 is 10.8 Å². The van der Waals surface area contributed by atoms with E-state index in [0.29, 0.717) is 13.0 Å². The second-order valence-electron chi connectivity index (χ2n) is 6.38. The molecular weight excluding hydrogens is 348 g/mol. The first-order valence-electron chi connectivity index (χ1n) is 8.22. The van der Waals surface area contributed by atoms with Crippen molar-refractivity contribution in [1.82, 2.24) is 10.2 Å². The van der Waals surface area contributed by atoms with Gasteiger partial charge in [0.15, 0.2) is 0 Å². The molecule has 1 atom stereocenters. The van der Waals surface area contributed by atoms with Crippen LogP contribution in [0.3, 0.4) is 0 Å². The Morgan fingerprint density at radius 3 is 2.76 bits per heavy atom. The summed E-state index contributed by atoms with van der Waals surface area (Å²) in [6, 6.07) is 4.04. The van der Waals surface area contributed by atoms with Gasteiger partial charge < -0.3 is 10.6 Å². The molecule has 3 rings (SSSR count). The number of likely N-dealkylation sites (tertiary alicyclic amines) is 1. The van der Waals surface area contributed by atoms with Crippen LogP contribution in [0.4, 0.5) is 11.4 Å². The summed E-state index contributed by atoms with van der Waals surface area (Å²) in [7, 11) is 0. The molecule has 0 radical (unpaired) electrons. The lowest BCUT2D eigenvalue weighted by Crippen LogP contribution is -2.46. The highest BCUT2D eigenvalue weighted by atomic mass is 35.5. The number of nitrogens with one attached hydrogen (secondary N) is 2. The molecule has 134 valence electrons. The fourth-order valence-electron chi connectivity index (χ4n) is 2.97. The molecule has 0 aromatic heterocycles. The smallest absolute Gasteiger partial charge is 0.294 e. The molecule has 2 fully saturated rings. The summed E-state index contributed by atoms with van der Waals surface area (Å²) >= 11 is 5.77. The Balaban J connectivity index is 1.62. The van der Waals surface area contributed by atoms with Crippen LogP contribution in [0.15, 0.2) is 18.2 Å². The van der Waals surface area contributed by atoms with E-state index in [9.17, 15) is 19.7 Å². The van der Waals surface area contributed by atoms with Crippen molar-refractivity contribution in [2.45, 2.75) is 37.8 Å². The quantitative estimate of drug-likeness (QED) is 0.591. The Morgan fingerprint density at radius 2 is 2.08 bits per heavy atom. The van der Waals surface area contributed by atoms with Crippen LogP contribution in [0, 0.1) is 10.1 Å². The maximum Gasteiger partial charge on any atom is 0.294 e. The number of anilines is 1. The fraction of sp³-hybridized carbons (Fsp3) is 0.500. The van der Waals surface area contributed by atoms with Crippen LogP contribution in [-0.2, 0) is 9.59 Å². The van der Waals surface area contributed by atoms with E-state index in [4.69, 9.17) is 11.6 Å². The number of benzene rings is 1. The standard InChI is InChI=1S/C16H19ClN4O4/c17-10-3-6-12(14(8-10)21(24)25)19-15(22)9-20-7-1-2-13(20)16(23)18-11-4-5-11/h3,6,8,11,13H,1-2,4-5,7,9H2,(H,18,23)(H,19,22). The third-order valence-corrected chi connectivity index (χ3v) is 4.60. The van der Waals surface area contributed by atoms with E-state index in [1.165, 1.54) is 18.2 Å². The largest absolute Gasteiger partial charge is 0.352 e. The molecule has 0 bridgehead atoms. The lowest BCUT2D eigenvalue weighted by atomic mass is 10.2. The minimum atomic E-state index is -0.594. The Kier molecular flexibility index (Phi) is 5.19. The van der Waals surface area contributed by atoms with Crippen molar-refractivity contribution < 1.29 is 14.5 Å². The Hall–Kier alpha value is -2.19. The zero-order chi connectivity index (χ0) is 18.0. The highest BCUT2D eigenvalue weighted by molar-refractivity contribution is 6.31. The van der Waals surface area contributed by atoms with Gasteiger partial charge >= 0.3 is 0 Å². The van der Waals surface area contributed by atoms with Crippen molar-refractivity contribution in [2.24, 2.45) is 0 Å². The summed E-state index contributed by atoms with van der Waals surface area (Å²) in [5, 5.41) is 16.8. The first-order chi connectivity index (χ1) is 11.9. The second kappa shape index (κ2) is 7.37. The summed E-state index contributed by atoms with van der Waals surface area (Å²) in [6.07, 6.45) is 3.59. The molecule has 1 aromatic carbocycles. The molecule has 1 aliphatic heterocycles. The number of hydrogen-bond acceptors (Lipinski definition) is 5. The van der Waals surface area contributed by atoms with Crippen LogP contribution < -0.4 is 10.6 Å². The van der Waals surface area contributed by atoms with Crippen LogP contribution >= 0.6 is 11.6 Å². The van der Waals surface area contributed by atoms with Crippen molar-refractivity contribution in [3.05, 3.63) is 33.3 Å². The van der Waals surface area contributed by atoms with E-state index in [0.717, 1.165) is 19.3 Å². The predicted molar refractivity (Wildman–Crippen MR) is 92.5 cm³/mol. The van der Waals surface area contributed by atoms with E-state index in [1.807, 2.05) is 4.90 Å². The van der Waals surface area contributed by atoms with Crippen molar-refractivity contribution in [1.29, 1.82) is 0 Å². The highest BCUT2D eigenvalue weighted by Crippen LogP contribution is 2.28. The van der Waals surface area contributed by atoms with Gasteiger partial charge in [-0.05, 0) is 44.4 Å². The number of hydrogen-bond donors (Lipinski definition) is 2. The summed E-state index contributed by atoms with van der Waals surface area (Å²) in [5.41, 5.74) is -0.164. The first-order valence-corrected chi connectivity index (χ1v) is 8.60. The van der Waals surface area contributed by atoms with Gasteiger partial charge in [0.1, 0.15) is 5.69 Å². The number of carbonyl (C=O) groups is 2. The van der Waals surface area contributed by atoms with Crippen molar-refractivity contribution >= 4 is 34.8 Å². The monoisotopic (exact) mass is 366 g/mol. The minimum absolute atomic E-state index is 0.0164. The molecule has 1 unspecified atom stereocenters. The van der Waals surface area contributed by atoms with E-state index in [2.05, 4.69) is 10.6 Å². The number of nitro benzene ring substituents is 1. The Labute approximate surface area is 149 Å².